The summed E-state index contributed by atoms with van der Waals surface area (Å²) in [7, 11) is -2.18. The van der Waals surface area contributed by atoms with Gasteiger partial charge in [0, 0.05) is 28.1 Å². The number of nitrogens with zero attached hydrogens (tertiary/aromatic N) is 2. The number of aromatic nitrogens is 2. The van der Waals surface area contributed by atoms with Crippen LogP contribution < -0.4 is 0 Å². The third kappa shape index (κ3) is 5.77. The lowest BCUT2D eigenvalue weighted by atomic mass is 10.0. The molecule has 0 aliphatic carbocycles. The van der Waals surface area contributed by atoms with E-state index in [4.69, 9.17) is 22.3 Å². The van der Waals surface area contributed by atoms with E-state index in [0.717, 1.165) is 6.26 Å². The van der Waals surface area contributed by atoms with Crippen molar-refractivity contribution < 1.29 is 30.0 Å². The second-order valence-electron chi connectivity index (χ2n) is 6.70. The van der Waals surface area contributed by atoms with Crippen LogP contribution in [-0.2, 0) is 25.3 Å². The van der Waals surface area contributed by atoms with Crippen LogP contribution in [0.15, 0.2) is 58.3 Å². The standard InChI is InChI=1S/C19H13Cl2F3N2O4S2/c1-31(27,28)13-6-4-12(5-7-13)17-16(11-2-8-14(9-3-11)32(21,29)30)18(20)26-15(25-17)10-19(22,23)24/h2-9H,10H2,1H3. The zero-order valence-corrected chi connectivity index (χ0v) is 19.2. The van der Waals surface area contributed by atoms with Gasteiger partial charge in [0.15, 0.2) is 9.84 Å². The van der Waals surface area contributed by atoms with Crippen molar-refractivity contribution in [3.63, 3.8) is 0 Å². The zero-order valence-electron chi connectivity index (χ0n) is 16.1. The van der Waals surface area contributed by atoms with Gasteiger partial charge in [-0.2, -0.15) is 13.2 Å². The highest BCUT2D eigenvalue weighted by Gasteiger charge is 2.30. The second kappa shape index (κ2) is 8.62. The first kappa shape index (κ1) is 24.4. The van der Waals surface area contributed by atoms with Gasteiger partial charge in [-0.25, -0.2) is 26.8 Å². The van der Waals surface area contributed by atoms with Gasteiger partial charge in [0.1, 0.15) is 17.4 Å². The van der Waals surface area contributed by atoms with Crippen molar-refractivity contribution in [1.29, 1.82) is 0 Å². The molecule has 0 N–H and O–H groups in total. The largest absolute Gasteiger partial charge is 0.396 e. The number of benzene rings is 2. The van der Waals surface area contributed by atoms with Crippen LogP contribution in [0.1, 0.15) is 5.82 Å². The third-order valence-corrected chi connectivity index (χ3v) is 7.02. The second-order valence-corrected chi connectivity index (χ2v) is 11.6. The molecule has 0 aliphatic rings. The Morgan fingerprint density at radius 1 is 0.844 bits per heavy atom. The molecule has 0 aliphatic heterocycles. The molecule has 6 nitrogen and oxygen atoms in total. The van der Waals surface area contributed by atoms with E-state index in [9.17, 15) is 30.0 Å². The van der Waals surface area contributed by atoms with Crippen LogP contribution in [0.3, 0.4) is 0 Å². The number of sulfone groups is 1. The highest BCUT2D eigenvalue weighted by molar-refractivity contribution is 8.13. The van der Waals surface area contributed by atoms with Crippen LogP contribution in [-0.4, -0.2) is 39.2 Å². The molecule has 32 heavy (non-hydrogen) atoms. The molecule has 0 amide bonds. The fourth-order valence-corrected chi connectivity index (χ4v) is 4.54. The molecule has 0 bridgehead atoms. The van der Waals surface area contributed by atoms with Gasteiger partial charge in [-0.3, -0.25) is 0 Å². The van der Waals surface area contributed by atoms with E-state index >= 15 is 0 Å². The molecular formula is C19H13Cl2F3N2O4S2. The highest BCUT2D eigenvalue weighted by Crippen LogP contribution is 2.37. The number of alkyl halides is 3. The molecule has 0 fully saturated rings. The maximum absolute atomic E-state index is 12.9. The predicted octanol–water partition coefficient (Wildman–Crippen LogP) is 4.90. The zero-order chi connectivity index (χ0) is 23.9. The summed E-state index contributed by atoms with van der Waals surface area (Å²) < 4.78 is 85.1. The Bertz CT molecular complexity index is 1380. The van der Waals surface area contributed by atoms with Crippen LogP contribution in [0, 0.1) is 0 Å². The van der Waals surface area contributed by atoms with Gasteiger partial charge in [0.05, 0.1) is 15.5 Å². The van der Waals surface area contributed by atoms with Crippen molar-refractivity contribution in [2.75, 3.05) is 6.26 Å². The van der Waals surface area contributed by atoms with Crippen molar-refractivity contribution in [3.05, 3.63) is 59.5 Å². The summed E-state index contributed by atoms with van der Waals surface area (Å²) in [6.45, 7) is 0. The van der Waals surface area contributed by atoms with Gasteiger partial charge in [0.2, 0.25) is 0 Å². The van der Waals surface area contributed by atoms with Crippen molar-refractivity contribution in [3.8, 4) is 22.4 Å². The SMILES string of the molecule is CS(=O)(=O)c1ccc(-c2nc(CC(F)(F)F)nc(Cl)c2-c2ccc(S(=O)(=O)Cl)cc2)cc1. The summed E-state index contributed by atoms with van der Waals surface area (Å²) in [5.41, 5.74) is 0.767. The Morgan fingerprint density at radius 2 is 1.34 bits per heavy atom. The van der Waals surface area contributed by atoms with Crippen LogP contribution in [0.25, 0.3) is 22.4 Å². The molecule has 0 atom stereocenters. The molecule has 0 spiro atoms. The van der Waals surface area contributed by atoms with Crippen LogP contribution in [0.4, 0.5) is 13.2 Å². The van der Waals surface area contributed by atoms with Gasteiger partial charge in [0.25, 0.3) is 9.05 Å². The maximum Gasteiger partial charge on any atom is 0.396 e. The monoisotopic (exact) mass is 524 g/mol. The number of hydrogen-bond acceptors (Lipinski definition) is 6. The summed E-state index contributed by atoms with van der Waals surface area (Å²) in [5.74, 6) is -0.576. The van der Waals surface area contributed by atoms with Crippen molar-refractivity contribution in [1.82, 2.24) is 9.97 Å². The van der Waals surface area contributed by atoms with Gasteiger partial charge in [-0.05, 0) is 29.8 Å². The van der Waals surface area contributed by atoms with Crippen molar-refractivity contribution in [2.24, 2.45) is 0 Å². The molecule has 3 rings (SSSR count). The molecule has 13 heteroatoms. The molecule has 0 unspecified atom stereocenters. The number of hydrogen-bond donors (Lipinski definition) is 0. The molecule has 0 saturated heterocycles. The first-order valence-corrected chi connectivity index (χ1v) is 13.2. The molecular weight excluding hydrogens is 512 g/mol. The predicted molar refractivity (Wildman–Crippen MR) is 114 cm³/mol. The van der Waals surface area contributed by atoms with Crippen molar-refractivity contribution in [2.45, 2.75) is 22.4 Å². The minimum absolute atomic E-state index is 0.00939. The van der Waals surface area contributed by atoms with Crippen LogP contribution in [0.2, 0.25) is 5.15 Å². The van der Waals surface area contributed by atoms with Gasteiger partial charge in [-0.1, -0.05) is 35.9 Å². The van der Waals surface area contributed by atoms with E-state index in [1.807, 2.05) is 0 Å². The van der Waals surface area contributed by atoms with E-state index < -0.39 is 37.3 Å². The molecule has 170 valence electrons. The average molecular weight is 525 g/mol. The number of rotatable bonds is 5. The van der Waals surface area contributed by atoms with Crippen LogP contribution in [0.5, 0.6) is 0 Å². The lowest BCUT2D eigenvalue weighted by Gasteiger charge is -2.14. The third-order valence-electron chi connectivity index (χ3n) is 4.25. The highest BCUT2D eigenvalue weighted by atomic mass is 35.7. The molecule has 0 radical (unpaired) electrons. The smallest absolute Gasteiger partial charge is 0.232 e. The van der Waals surface area contributed by atoms with E-state index in [0.29, 0.717) is 5.56 Å². The fourth-order valence-electron chi connectivity index (χ4n) is 2.84. The Kier molecular flexibility index (Phi) is 6.58. The molecule has 1 heterocycles. The maximum atomic E-state index is 12.9. The summed E-state index contributed by atoms with van der Waals surface area (Å²) in [6.07, 6.45) is -4.99. The normalized spacial score (nSPS) is 12.7. The fraction of sp³-hybridized carbons (Fsp3) is 0.158. The lowest BCUT2D eigenvalue weighted by Crippen LogP contribution is -2.15. The molecule has 2 aromatic carbocycles. The van der Waals surface area contributed by atoms with E-state index in [1.54, 1.807) is 0 Å². The van der Waals surface area contributed by atoms with E-state index in [1.165, 1.54) is 48.5 Å². The van der Waals surface area contributed by atoms with E-state index in [2.05, 4.69) is 9.97 Å². The minimum atomic E-state index is -4.58. The Morgan fingerprint density at radius 3 is 1.81 bits per heavy atom. The quantitative estimate of drug-likeness (QED) is 0.348. The van der Waals surface area contributed by atoms with Gasteiger partial charge >= 0.3 is 6.18 Å². The summed E-state index contributed by atoms with van der Waals surface area (Å²) in [4.78, 5) is 7.58. The van der Waals surface area contributed by atoms with Crippen LogP contribution >= 0.6 is 22.3 Å². The first-order valence-electron chi connectivity index (χ1n) is 8.64. The molecule has 1 aromatic heterocycles. The average Bonchev–Trinajstić information content (AvgIpc) is 2.65. The van der Waals surface area contributed by atoms with Gasteiger partial charge < -0.3 is 0 Å². The minimum Gasteiger partial charge on any atom is -0.232 e. The Balaban J connectivity index is 2.22. The summed E-state index contributed by atoms with van der Waals surface area (Å²) in [6, 6.07) is 10.5. The Hall–Kier alpha value is -2.21. The molecule has 0 saturated carbocycles. The lowest BCUT2D eigenvalue weighted by molar-refractivity contribution is -0.128. The summed E-state index contributed by atoms with van der Waals surface area (Å²) >= 11 is 6.22. The number of halogens is 5. The van der Waals surface area contributed by atoms with E-state index in [-0.39, 0.29) is 31.8 Å². The first-order chi connectivity index (χ1) is 14.6. The molecule has 3 aromatic rings. The van der Waals surface area contributed by atoms with Crippen molar-refractivity contribution >= 4 is 41.2 Å². The summed E-state index contributed by atoms with van der Waals surface area (Å²) in [5, 5.41) is -0.289. The topological polar surface area (TPSA) is 94.1 Å². The van der Waals surface area contributed by atoms with Gasteiger partial charge in [-0.15, -0.1) is 0 Å². The Labute approximate surface area is 191 Å².